The molecule has 0 heterocycles. The van der Waals surface area contributed by atoms with Gasteiger partial charge in [-0.15, -0.1) is 0 Å². The molecule has 0 aliphatic heterocycles. The number of oxime groups is 1. The van der Waals surface area contributed by atoms with Gasteiger partial charge in [0.2, 0.25) is 0 Å². The van der Waals surface area contributed by atoms with Gasteiger partial charge in [-0.1, -0.05) is 58.5 Å². The van der Waals surface area contributed by atoms with E-state index in [4.69, 9.17) is 60.7 Å². The van der Waals surface area contributed by atoms with E-state index < -0.39 is 0 Å². The fourth-order valence-corrected chi connectivity index (χ4v) is 2.60. The number of rotatable bonds is 12. The lowest BCUT2D eigenvalue weighted by atomic mass is 10.1. The van der Waals surface area contributed by atoms with Gasteiger partial charge in [-0.2, -0.15) is 0 Å². The van der Waals surface area contributed by atoms with Crippen LogP contribution in [-0.2, 0) is 11.3 Å². The maximum Gasteiger partial charge on any atom is 0.138 e. The van der Waals surface area contributed by atoms with Crippen molar-refractivity contribution in [1.82, 2.24) is 0 Å². The molecule has 0 aromatic heterocycles. The Kier molecular flexibility index (Phi) is 12.5. The first-order chi connectivity index (χ1) is 13.3. The summed E-state index contributed by atoms with van der Waals surface area (Å²) >= 11 is 22.2. The Hall–Kier alpha value is -1.07. The number of benzene rings is 1. The van der Waals surface area contributed by atoms with Crippen LogP contribution in [0.25, 0.3) is 0 Å². The molecule has 0 fully saturated rings. The van der Waals surface area contributed by atoms with E-state index >= 15 is 0 Å². The Morgan fingerprint density at radius 2 is 1.79 bits per heavy atom. The van der Waals surface area contributed by atoms with Crippen molar-refractivity contribution < 1.29 is 14.3 Å². The smallest absolute Gasteiger partial charge is 0.138 e. The summed E-state index contributed by atoms with van der Waals surface area (Å²) in [4.78, 5) is 5.01. The maximum absolute atomic E-state index is 6.17. The second-order valence-corrected chi connectivity index (χ2v) is 7.99. The minimum atomic E-state index is 0.0254. The first kappa shape index (κ1) is 25.0. The molecule has 0 saturated carbocycles. The zero-order valence-electron chi connectivity index (χ0n) is 16.2. The minimum Gasteiger partial charge on any atom is -0.490 e. The second-order valence-electron chi connectivity index (χ2n) is 5.97. The average molecular weight is 469 g/mol. The molecular weight excluding hydrogens is 444 g/mol. The summed E-state index contributed by atoms with van der Waals surface area (Å²) in [5, 5.41) is 3.84. The lowest BCUT2D eigenvalue weighted by Crippen LogP contribution is -2.14. The average Bonchev–Trinajstić information content (AvgIpc) is 2.62. The van der Waals surface area contributed by atoms with E-state index in [1.54, 1.807) is 12.3 Å². The number of halogens is 4. The molecule has 0 aliphatic carbocycles. The molecule has 4 nitrogen and oxygen atoms in total. The van der Waals surface area contributed by atoms with Crippen LogP contribution in [0.4, 0.5) is 0 Å². The predicted molar refractivity (Wildman–Crippen MR) is 119 cm³/mol. The fraction of sp³-hybridized carbons (Fsp3) is 0.450. The number of ether oxygens (including phenoxy) is 2. The van der Waals surface area contributed by atoms with E-state index in [-0.39, 0.29) is 21.7 Å². The summed E-state index contributed by atoms with van der Waals surface area (Å²) < 4.78 is 12.2. The largest absolute Gasteiger partial charge is 0.490 e. The summed E-state index contributed by atoms with van der Waals surface area (Å²) in [5.74, 6) is 1.65. The van der Waals surface area contributed by atoms with Gasteiger partial charge >= 0.3 is 0 Å². The third-order valence-electron chi connectivity index (χ3n) is 3.68. The van der Waals surface area contributed by atoms with Crippen molar-refractivity contribution in [1.29, 1.82) is 0 Å². The normalized spacial score (nSPS) is 11.8. The monoisotopic (exact) mass is 467 g/mol. The molecular formula is C20H25Cl4NO3. The second kappa shape index (κ2) is 14.0. The molecule has 8 heteroatoms. The third kappa shape index (κ3) is 10.5. The van der Waals surface area contributed by atoms with Crippen LogP contribution in [0.15, 0.2) is 38.4 Å². The molecule has 0 amide bonds. The van der Waals surface area contributed by atoms with Crippen LogP contribution in [0.3, 0.4) is 0 Å². The van der Waals surface area contributed by atoms with Crippen molar-refractivity contribution in [3.05, 3.63) is 44.4 Å². The van der Waals surface area contributed by atoms with E-state index in [9.17, 15) is 0 Å². The first-order valence-corrected chi connectivity index (χ1v) is 10.4. The fourth-order valence-electron chi connectivity index (χ4n) is 2.34. The van der Waals surface area contributed by atoms with Gasteiger partial charge in [0.25, 0.3) is 0 Å². The van der Waals surface area contributed by atoms with Crippen molar-refractivity contribution in [3.8, 4) is 11.5 Å². The van der Waals surface area contributed by atoms with Gasteiger partial charge in [0.15, 0.2) is 0 Å². The number of nitrogens with zero attached hydrogens (tertiary/aromatic N) is 1. The van der Waals surface area contributed by atoms with Crippen LogP contribution in [0.2, 0.25) is 0 Å². The van der Waals surface area contributed by atoms with Gasteiger partial charge in [-0.3, -0.25) is 0 Å². The van der Waals surface area contributed by atoms with Crippen LogP contribution >= 0.6 is 46.4 Å². The van der Waals surface area contributed by atoms with Gasteiger partial charge in [0, 0.05) is 6.21 Å². The molecule has 28 heavy (non-hydrogen) atoms. The SMILES string of the molecule is CCc1cc(OCC=C(Cl)Cl)cc(C)c1OC(C)CCC=NOCC=C(Cl)Cl. The van der Waals surface area contributed by atoms with Crippen LogP contribution in [0.1, 0.15) is 37.8 Å². The third-order valence-corrected chi connectivity index (χ3v) is 4.29. The first-order valence-electron chi connectivity index (χ1n) is 8.92. The number of aryl methyl sites for hydroxylation is 2. The zero-order chi connectivity index (χ0) is 20.9. The standard InChI is InChI=1S/C20H25Cl4NO3/c1-4-16-13-17(26-10-7-18(21)22)12-14(2)20(16)28-15(3)6-5-9-25-27-11-8-19(23)24/h7-9,12-13,15H,4-6,10-11H2,1-3H3. The summed E-state index contributed by atoms with van der Waals surface area (Å²) in [6.45, 7) is 6.67. The molecule has 0 N–H and O–H groups in total. The molecule has 1 rings (SSSR count). The van der Waals surface area contributed by atoms with Gasteiger partial charge in [0.1, 0.15) is 33.7 Å². The molecule has 0 bridgehead atoms. The van der Waals surface area contributed by atoms with Crippen LogP contribution in [-0.4, -0.2) is 25.5 Å². The van der Waals surface area contributed by atoms with Crippen LogP contribution < -0.4 is 9.47 Å². The van der Waals surface area contributed by atoms with Gasteiger partial charge < -0.3 is 14.3 Å². The molecule has 0 aliphatic rings. The highest BCUT2D eigenvalue weighted by Crippen LogP contribution is 2.31. The van der Waals surface area contributed by atoms with Crippen LogP contribution in [0, 0.1) is 6.92 Å². The van der Waals surface area contributed by atoms with Gasteiger partial charge in [0.05, 0.1) is 6.10 Å². The van der Waals surface area contributed by atoms with Crippen molar-refractivity contribution in [2.45, 2.75) is 46.1 Å². The minimum absolute atomic E-state index is 0.0254. The summed E-state index contributed by atoms with van der Waals surface area (Å²) in [5.41, 5.74) is 2.11. The topological polar surface area (TPSA) is 40.0 Å². The molecule has 0 spiro atoms. The highest BCUT2D eigenvalue weighted by Gasteiger charge is 2.12. The molecule has 1 aromatic carbocycles. The Balaban J connectivity index is 2.58. The molecule has 0 saturated heterocycles. The van der Waals surface area contributed by atoms with E-state index in [0.717, 1.165) is 41.9 Å². The van der Waals surface area contributed by atoms with E-state index in [1.807, 2.05) is 26.0 Å². The summed E-state index contributed by atoms with van der Waals surface area (Å²) in [7, 11) is 0. The van der Waals surface area contributed by atoms with Crippen molar-refractivity contribution in [3.63, 3.8) is 0 Å². The molecule has 1 unspecified atom stereocenters. The molecule has 0 radical (unpaired) electrons. The summed E-state index contributed by atoms with van der Waals surface area (Å²) in [6.07, 6.45) is 7.22. The van der Waals surface area contributed by atoms with E-state index in [0.29, 0.717) is 6.61 Å². The van der Waals surface area contributed by atoms with E-state index in [1.165, 1.54) is 6.08 Å². The highest BCUT2D eigenvalue weighted by molar-refractivity contribution is 6.56. The number of hydrogen-bond donors (Lipinski definition) is 0. The molecule has 156 valence electrons. The van der Waals surface area contributed by atoms with Gasteiger partial charge in [-0.25, -0.2) is 0 Å². The zero-order valence-corrected chi connectivity index (χ0v) is 19.2. The molecule has 1 atom stereocenters. The number of hydrogen-bond acceptors (Lipinski definition) is 4. The van der Waals surface area contributed by atoms with Gasteiger partial charge in [-0.05, 0) is 68.5 Å². The van der Waals surface area contributed by atoms with E-state index in [2.05, 4.69) is 12.1 Å². The lowest BCUT2D eigenvalue weighted by Gasteiger charge is -2.20. The van der Waals surface area contributed by atoms with Crippen molar-refractivity contribution in [2.75, 3.05) is 13.2 Å². The Labute approximate surface area is 187 Å². The predicted octanol–water partition coefficient (Wildman–Crippen LogP) is 7.12. The highest BCUT2D eigenvalue weighted by atomic mass is 35.5. The lowest BCUT2D eigenvalue weighted by molar-refractivity contribution is 0.174. The molecule has 1 aromatic rings. The quantitative estimate of drug-likeness (QED) is 0.186. The van der Waals surface area contributed by atoms with Crippen LogP contribution in [0.5, 0.6) is 11.5 Å². The Morgan fingerprint density at radius 1 is 1.11 bits per heavy atom. The Morgan fingerprint density at radius 3 is 2.43 bits per heavy atom. The van der Waals surface area contributed by atoms with Crippen molar-refractivity contribution in [2.24, 2.45) is 5.16 Å². The van der Waals surface area contributed by atoms with Crippen molar-refractivity contribution >= 4 is 52.6 Å². The Bertz CT molecular complexity index is 697. The maximum atomic E-state index is 6.17. The summed E-state index contributed by atoms with van der Waals surface area (Å²) in [6, 6.07) is 3.93.